The molecule has 3 aliphatic heterocycles. The van der Waals surface area contributed by atoms with E-state index in [0.29, 0.717) is 26.1 Å². The summed E-state index contributed by atoms with van der Waals surface area (Å²) in [5.41, 5.74) is 5.54. The van der Waals surface area contributed by atoms with Crippen molar-refractivity contribution in [2.45, 2.75) is 44.3 Å². The molecule has 0 aliphatic carbocycles. The molecule has 6 nitrogen and oxygen atoms in total. The van der Waals surface area contributed by atoms with E-state index in [1.54, 1.807) is 0 Å². The Kier molecular flexibility index (Phi) is 3.69. The van der Waals surface area contributed by atoms with Gasteiger partial charge in [0.05, 0.1) is 6.10 Å². The van der Waals surface area contributed by atoms with Crippen LogP contribution in [0, 0.1) is 5.41 Å². The SMILES string of the molecule is NC[C@H]1CC[C@@H](C(=O)N2CCCC3(CNC(=O)C3)C2)O1. The number of nitrogens with one attached hydrogen (secondary N) is 1. The van der Waals surface area contributed by atoms with E-state index in [1.807, 2.05) is 4.90 Å². The standard InChI is InChI=1S/C14H23N3O3/c15-7-10-2-3-11(20-10)13(19)17-5-1-4-14(9-17)6-12(18)16-8-14/h10-11H,1-9,15H2,(H,16,18)/t10-,11+,14?/m1/s1. The lowest BCUT2D eigenvalue weighted by molar-refractivity contribution is -0.146. The van der Waals surface area contributed by atoms with Crippen LogP contribution in [0.15, 0.2) is 0 Å². The van der Waals surface area contributed by atoms with Crippen molar-refractivity contribution in [1.29, 1.82) is 0 Å². The highest BCUT2D eigenvalue weighted by molar-refractivity contribution is 5.82. The molecule has 3 N–H and O–H groups in total. The van der Waals surface area contributed by atoms with Crippen molar-refractivity contribution in [3.05, 3.63) is 0 Å². The molecule has 3 fully saturated rings. The lowest BCUT2D eigenvalue weighted by Gasteiger charge is -2.40. The van der Waals surface area contributed by atoms with Crippen molar-refractivity contribution in [3.8, 4) is 0 Å². The quantitative estimate of drug-likeness (QED) is 0.723. The number of nitrogens with two attached hydrogens (primary N) is 1. The van der Waals surface area contributed by atoms with E-state index < -0.39 is 0 Å². The number of piperidine rings is 1. The van der Waals surface area contributed by atoms with E-state index in [0.717, 1.165) is 32.2 Å². The van der Waals surface area contributed by atoms with Gasteiger partial charge in [0, 0.05) is 38.0 Å². The summed E-state index contributed by atoms with van der Waals surface area (Å²) in [7, 11) is 0. The van der Waals surface area contributed by atoms with Crippen LogP contribution in [0.1, 0.15) is 32.1 Å². The molecule has 1 spiro atoms. The third kappa shape index (κ3) is 2.54. The maximum Gasteiger partial charge on any atom is 0.251 e. The highest BCUT2D eigenvalue weighted by Gasteiger charge is 2.44. The molecule has 0 saturated carbocycles. The molecule has 3 atom stereocenters. The average Bonchev–Trinajstić information content (AvgIpc) is 3.06. The molecule has 6 heteroatoms. The number of amides is 2. The number of hydrogen-bond donors (Lipinski definition) is 2. The minimum atomic E-state index is -0.330. The molecule has 3 saturated heterocycles. The molecule has 0 bridgehead atoms. The molecule has 0 aromatic carbocycles. The minimum absolute atomic E-state index is 0.0254. The van der Waals surface area contributed by atoms with Crippen LogP contribution in [0.25, 0.3) is 0 Å². The van der Waals surface area contributed by atoms with Gasteiger partial charge in [-0.15, -0.1) is 0 Å². The summed E-state index contributed by atoms with van der Waals surface area (Å²) in [6, 6.07) is 0. The predicted molar refractivity (Wildman–Crippen MR) is 72.8 cm³/mol. The number of ether oxygens (including phenoxy) is 1. The fourth-order valence-corrected chi connectivity index (χ4v) is 3.70. The fourth-order valence-electron chi connectivity index (χ4n) is 3.70. The molecular formula is C14H23N3O3. The van der Waals surface area contributed by atoms with Crippen LogP contribution >= 0.6 is 0 Å². The summed E-state index contributed by atoms with van der Waals surface area (Å²) in [6.45, 7) is 2.64. The van der Waals surface area contributed by atoms with Crippen LogP contribution in [0.2, 0.25) is 0 Å². The summed E-state index contributed by atoms with van der Waals surface area (Å²) in [5.74, 6) is 0.194. The molecule has 3 heterocycles. The van der Waals surface area contributed by atoms with Crippen molar-refractivity contribution < 1.29 is 14.3 Å². The third-order valence-corrected chi connectivity index (χ3v) is 4.82. The Morgan fingerprint density at radius 1 is 1.50 bits per heavy atom. The summed E-state index contributed by atoms with van der Waals surface area (Å²) in [4.78, 5) is 25.9. The van der Waals surface area contributed by atoms with Crippen molar-refractivity contribution >= 4 is 11.8 Å². The number of likely N-dealkylation sites (tertiary alicyclic amines) is 1. The Labute approximate surface area is 119 Å². The minimum Gasteiger partial charge on any atom is -0.364 e. The summed E-state index contributed by atoms with van der Waals surface area (Å²) in [5, 5.41) is 2.90. The van der Waals surface area contributed by atoms with Crippen molar-refractivity contribution in [1.82, 2.24) is 10.2 Å². The first-order valence-electron chi connectivity index (χ1n) is 7.53. The predicted octanol–water partition coefficient (Wildman–Crippen LogP) is -0.379. The number of carbonyl (C=O) groups excluding carboxylic acids is 2. The van der Waals surface area contributed by atoms with Crippen LogP contribution in [-0.2, 0) is 14.3 Å². The molecule has 0 aromatic heterocycles. The van der Waals surface area contributed by atoms with Gasteiger partial charge in [0.15, 0.2) is 0 Å². The molecule has 20 heavy (non-hydrogen) atoms. The van der Waals surface area contributed by atoms with Crippen LogP contribution in [0.4, 0.5) is 0 Å². The Morgan fingerprint density at radius 3 is 3.00 bits per heavy atom. The normalized spacial score (nSPS) is 37.5. The van der Waals surface area contributed by atoms with Gasteiger partial charge in [-0.3, -0.25) is 9.59 Å². The van der Waals surface area contributed by atoms with E-state index in [1.165, 1.54) is 0 Å². The molecule has 3 rings (SSSR count). The van der Waals surface area contributed by atoms with Crippen LogP contribution in [-0.4, -0.2) is 55.1 Å². The van der Waals surface area contributed by atoms with Gasteiger partial charge in [-0.05, 0) is 25.7 Å². The molecule has 3 aliphatic rings. The first-order valence-corrected chi connectivity index (χ1v) is 7.53. The first-order chi connectivity index (χ1) is 9.62. The lowest BCUT2D eigenvalue weighted by atomic mass is 9.79. The molecule has 2 amide bonds. The first kappa shape index (κ1) is 13.8. The molecule has 112 valence electrons. The molecule has 0 aromatic rings. The van der Waals surface area contributed by atoms with Gasteiger partial charge in [0.1, 0.15) is 6.10 Å². The zero-order chi connectivity index (χ0) is 14.2. The molecule has 1 unspecified atom stereocenters. The number of rotatable bonds is 2. The fraction of sp³-hybridized carbons (Fsp3) is 0.857. The Bertz CT molecular complexity index is 414. The van der Waals surface area contributed by atoms with Gasteiger partial charge in [-0.25, -0.2) is 0 Å². The van der Waals surface area contributed by atoms with E-state index >= 15 is 0 Å². The Morgan fingerprint density at radius 2 is 2.35 bits per heavy atom. The van der Waals surface area contributed by atoms with Gasteiger partial charge in [0.2, 0.25) is 5.91 Å². The second-order valence-corrected chi connectivity index (χ2v) is 6.38. The van der Waals surface area contributed by atoms with E-state index in [4.69, 9.17) is 10.5 Å². The van der Waals surface area contributed by atoms with E-state index in [9.17, 15) is 9.59 Å². The average molecular weight is 281 g/mol. The third-order valence-electron chi connectivity index (χ3n) is 4.82. The lowest BCUT2D eigenvalue weighted by Crippen LogP contribution is -2.50. The number of carbonyl (C=O) groups is 2. The monoisotopic (exact) mass is 281 g/mol. The van der Waals surface area contributed by atoms with Crippen LogP contribution < -0.4 is 11.1 Å². The second-order valence-electron chi connectivity index (χ2n) is 6.38. The zero-order valence-corrected chi connectivity index (χ0v) is 11.8. The maximum atomic E-state index is 12.5. The maximum absolute atomic E-state index is 12.5. The topological polar surface area (TPSA) is 84.7 Å². The molecule has 0 radical (unpaired) electrons. The zero-order valence-electron chi connectivity index (χ0n) is 11.8. The van der Waals surface area contributed by atoms with Crippen molar-refractivity contribution in [2.24, 2.45) is 11.1 Å². The van der Waals surface area contributed by atoms with Gasteiger partial charge < -0.3 is 20.7 Å². The van der Waals surface area contributed by atoms with Crippen molar-refractivity contribution in [3.63, 3.8) is 0 Å². The number of nitrogens with zero attached hydrogens (tertiary/aromatic N) is 1. The largest absolute Gasteiger partial charge is 0.364 e. The Hall–Kier alpha value is -1.14. The molecular weight excluding hydrogens is 258 g/mol. The number of hydrogen-bond acceptors (Lipinski definition) is 4. The van der Waals surface area contributed by atoms with Gasteiger partial charge in [-0.1, -0.05) is 0 Å². The van der Waals surface area contributed by atoms with Crippen LogP contribution in [0.5, 0.6) is 0 Å². The summed E-state index contributed by atoms with van der Waals surface area (Å²) >= 11 is 0. The van der Waals surface area contributed by atoms with E-state index in [2.05, 4.69) is 5.32 Å². The second kappa shape index (κ2) is 5.33. The van der Waals surface area contributed by atoms with E-state index in [-0.39, 0.29) is 29.4 Å². The smallest absolute Gasteiger partial charge is 0.251 e. The van der Waals surface area contributed by atoms with Crippen molar-refractivity contribution in [2.75, 3.05) is 26.2 Å². The Balaban J connectivity index is 1.62. The van der Waals surface area contributed by atoms with Gasteiger partial charge in [0.25, 0.3) is 5.91 Å². The van der Waals surface area contributed by atoms with Gasteiger partial charge in [-0.2, -0.15) is 0 Å². The highest BCUT2D eigenvalue weighted by Crippen LogP contribution is 2.36. The van der Waals surface area contributed by atoms with Gasteiger partial charge >= 0.3 is 0 Å². The summed E-state index contributed by atoms with van der Waals surface area (Å²) in [6.07, 6.45) is 3.86. The highest BCUT2D eigenvalue weighted by atomic mass is 16.5. The summed E-state index contributed by atoms with van der Waals surface area (Å²) < 4.78 is 5.70. The van der Waals surface area contributed by atoms with Crippen LogP contribution in [0.3, 0.4) is 0 Å².